The molecule has 9 heteroatoms. The van der Waals surface area contributed by atoms with Crippen molar-refractivity contribution in [1.82, 2.24) is 9.47 Å². The summed E-state index contributed by atoms with van der Waals surface area (Å²) >= 11 is 12.4. The zero-order valence-corrected chi connectivity index (χ0v) is 19.8. The van der Waals surface area contributed by atoms with Gasteiger partial charge in [0.25, 0.3) is 11.5 Å². The maximum Gasteiger partial charge on any atom is 0.271 e. The van der Waals surface area contributed by atoms with Crippen molar-refractivity contribution in [2.24, 2.45) is 7.05 Å². The third-order valence-corrected chi connectivity index (χ3v) is 6.71. The second kappa shape index (κ2) is 9.88. The summed E-state index contributed by atoms with van der Waals surface area (Å²) in [5, 5.41) is 12.5. The average molecular weight is 499 g/mol. The van der Waals surface area contributed by atoms with Gasteiger partial charge in [-0.2, -0.15) is 5.26 Å². The molecule has 1 aromatic heterocycles. The lowest BCUT2D eigenvalue weighted by molar-refractivity contribution is 0.0713. The zero-order chi connectivity index (χ0) is 24.4. The van der Waals surface area contributed by atoms with Crippen LogP contribution in [0.3, 0.4) is 0 Å². The van der Waals surface area contributed by atoms with Gasteiger partial charge in [-0.25, -0.2) is 4.39 Å². The summed E-state index contributed by atoms with van der Waals surface area (Å²) in [5.74, 6) is -0.290. The number of hydrogen-bond acceptors (Lipinski definition) is 4. The van der Waals surface area contributed by atoms with Crippen LogP contribution in [-0.2, 0) is 7.05 Å². The predicted octanol–water partition coefficient (Wildman–Crippen LogP) is 5.47. The van der Waals surface area contributed by atoms with Gasteiger partial charge in [-0.05, 0) is 54.7 Å². The van der Waals surface area contributed by atoms with Gasteiger partial charge in [-0.3, -0.25) is 9.59 Å². The molecule has 1 saturated heterocycles. The fourth-order valence-corrected chi connectivity index (χ4v) is 4.58. The number of anilines is 2. The highest BCUT2D eigenvalue weighted by molar-refractivity contribution is 6.34. The maximum atomic E-state index is 13.5. The summed E-state index contributed by atoms with van der Waals surface area (Å²) in [4.78, 5) is 27.7. The molecule has 0 saturated carbocycles. The van der Waals surface area contributed by atoms with Crippen molar-refractivity contribution in [3.63, 3.8) is 0 Å². The van der Waals surface area contributed by atoms with Crippen molar-refractivity contribution < 1.29 is 9.18 Å². The van der Waals surface area contributed by atoms with Gasteiger partial charge in [0.1, 0.15) is 16.9 Å². The first-order chi connectivity index (χ1) is 16.3. The van der Waals surface area contributed by atoms with E-state index in [1.165, 1.54) is 36.0 Å². The van der Waals surface area contributed by atoms with Gasteiger partial charge in [0.2, 0.25) is 0 Å². The van der Waals surface area contributed by atoms with Crippen LogP contribution < -0.4 is 10.9 Å². The molecule has 0 unspecified atom stereocenters. The van der Waals surface area contributed by atoms with Gasteiger partial charge < -0.3 is 14.8 Å². The first-order valence-electron chi connectivity index (χ1n) is 10.7. The molecule has 174 valence electrons. The van der Waals surface area contributed by atoms with Gasteiger partial charge >= 0.3 is 0 Å². The second-order valence-corrected chi connectivity index (χ2v) is 8.98. The Labute approximate surface area is 206 Å². The Morgan fingerprint density at radius 2 is 1.82 bits per heavy atom. The average Bonchev–Trinajstić information content (AvgIpc) is 2.85. The lowest BCUT2D eigenvalue weighted by Crippen LogP contribution is -2.39. The highest BCUT2D eigenvalue weighted by Crippen LogP contribution is 2.32. The summed E-state index contributed by atoms with van der Waals surface area (Å²) in [6, 6.07) is 13.2. The Hall–Kier alpha value is -3.34. The smallest absolute Gasteiger partial charge is 0.271 e. The molecule has 0 aliphatic carbocycles. The molecule has 2 aromatic carbocycles. The number of carbonyl (C=O) groups excluding carboxylic acids is 1. The molecule has 1 aliphatic rings. The third kappa shape index (κ3) is 4.79. The monoisotopic (exact) mass is 498 g/mol. The Morgan fingerprint density at radius 1 is 1.15 bits per heavy atom. The van der Waals surface area contributed by atoms with Crippen molar-refractivity contribution in [3.8, 4) is 6.07 Å². The number of amides is 1. The van der Waals surface area contributed by atoms with Crippen LogP contribution in [0.2, 0.25) is 10.0 Å². The van der Waals surface area contributed by atoms with Gasteiger partial charge in [-0.1, -0.05) is 35.3 Å². The van der Waals surface area contributed by atoms with E-state index in [1.54, 1.807) is 29.2 Å². The van der Waals surface area contributed by atoms with E-state index >= 15 is 0 Å². The van der Waals surface area contributed by atoms with Gasteiger partial charge in [0.05, 0.1) is 21.8 Å². The molecule has 2 heterocycles. The molecule has 4 rings (SSSR count). The predicted molar refractivity (Wildman–Crippen MR) is 130 cm³/mol. The number of piperidine rings is 1. The molecular weight excluding hydrogens is 478 g/mol. The fourth-order valence-electron chi connectivity index (χ4n) is 4.14. The van der Waals surface area contributed by atoms with E-state index in [4.69, 9.17) is 23.2 Å². The summed E-state index contributed by atoms with van der Waals surface area (Å²) < 4.78 is 14.5. The summed E-state index contributed by atoms with van der Waals surface area (Å²) in [6.07, 6.45) is 2.94. The van der Waals surface area contributed by atoms with Crippen LogP contribution in [0.4, 0.5) is 15.8 Å². The highest BCUT2D eigenvalue weighted by Gasteiger charge is 2.28. The van der Waals surface area contributed by atoms with Crippen molar-refractivity contribution in [3.05, 3.63) is 91.6 Å². The number of benzene rings is 2. The molecule has 1 amide bonds. The first kappa shape index (κ1) is 23.8. The van der Waals surface area contributed by atoms with Crippen LogP contribution >= 0.6 is 23.2 Å². The number of nitrogens with zero attached hydrogens (tertiary/aromatic N) is 3. The molecule has 0 spiro atoms. The minimum Gasteiger partial charge on any atom is -0.353 e. The molecule has 1 N–H and O–H groups in total. The lowest BCUT2D eigenvalue weighted by Gasteiger charge is -2.33. The van der Waals surface area contributed by atoms with Gasteiger partial charge in [-0.15, -0.1) is 0 Å². The Bertz CT molecular complexity index is 1340. The first-order valence-corrected chi connectivity index (χ1v) is 11.4. The topological polar surface area (TPSA) is 78.1 Å². The number of rotatable bonds is 4. The summed E-state index contributed by atoms with van der Waals surface area (Å²) in [5.41, 5.74) is 1.76. The van der Waals surface area contributed by atoms with Crippen molar-refractivity contribution in [1.29, 1.82) is 5.26 Å². The zero-order valence-electron chi connectivity index (χ0n) is 18.3. The number of likely N-dealkylation sites (tertiary alicyclic amines) is 1. The number of nitrogens with one attached hydrogen (secondary N) is 1. The van der Waals surface area contributed by atoms with E-state index in [9.17, 15) is 19.2 Å². The van der Waals surface area contributed by atoms with Crippen LogP contribution in [0.5, 0.6) is 0 Å². The number of nitriles is 1. The number of halogens is 3. The van der Waals surface area contributed by atoms with E-state index in [1.807, 2.05) is 6.07 Å². The molecular formula is C25H21Cl2FN4O2. The fraction of sp³-hybridized carbons (Fsp3) is 0.240. The Morgan fingerprint density at radius 3 is 2.47 bits per heavy atom. The molecule has 0 atom stereocenters. The SMILES string of the molecule is Cn1cc(C(=O)N2CCC(c3ccc(F)cc3)CC2)c(Nc2ccc(Cl)c(C#N)c2)c(Cl)c1=O. The minimum absolute atomic E-state index is 0.122. The molecule has 0 radical (unpaired) electrons. The van der Waals surface area contributed by atoms with Gasteiger partial charge in [0, 0.05) is 32.0 Å². The number of aromatic nitrogens is 1. The molecule has 0 bridgehead atoms. The normalized spacial score (nSPS) is 14.0. The van der Waals surface area contributed by atoms with E-state index in [-0.39, 0.29) is 39.5 Å². The Balaban J connectivity index is 1.60. The van der Waals surface area contributed by atoms with E-state index < -0.39 is 5.56 Å². The molecule has 6 nitrogen and oxygen atoms in total. The lowest BCUT2D eigenvalue weighted by atomic mass is 9.89. The third-order valence-electron chi connectivity index (χ3n) is 6.03. The molecule has 34 heavy (non-hydrogen) atoms. The van der Waals surface area contributed by atoms with Crippen LogP contribution in [0, 0.1) is 17.1 Å². The second-order valence-electron chi connectivity index (χ2n) is 8.20. The maximum absolute atomic E-state index is 13.5. The van der Waals surface area contributed by atoms with Crippen molar-refractivity contribution in [2.75, 3.05) is 18.4 Å². The summed E-state index contributed by atoms with van der Waals surface area (Å²) in [6.45, 7) is 1.03. The van der Waals surface area contributed by atoms with E-state index in [0.717, 1.165) is 18.4 Å². The standard InChI is InChI=1S/C25H21Cl2FN4O2/c1-31-14-20(23(22(27)25(31)34)30-19-6-7-21(26)17(12-19)13-29)24(33)32-10-8-16(9-11-32)15-2-4-18(28)5-3-15/h2-7,12,14,16,30H,8-11H2,1H3. The number of carbonyl (C=O) groups is 1. The van der Waals surface area contributed by atoms with Crippen LogP contribution in [0.25, 0.3) is 0 Å². The van der Waals surface area contributed by atoms with Crippen LogP contribution in [-0.4, -0.2) is 28.5 Å². The van der Waals surface area contributed by atoms with E-state index in [0.29, 0.717) is 23.8 Å². The van der Waals surface area contributed by atoms with E-state index in [2.05, 4.69) is 5.32 Å². The van der Waals surface area contributed by atoms with Crippen LogP contribution in [0.1, 0.15) is 40.2 Å². The minimum atomic E-state index is -0.454. The van der Waals surface area contributed by atoms with Crippen LogP contribution in [0.15, 0.2) is 53.5 Å². The summed E-state index contributed by atoms with van der Waals surface area (Å²) in [7, 11) is 1.53. The molecule has 1 aliphatic heterocycles. The number of hydrogen-bond donors (Lipinski definition) is 1. The number of pyridine rings is 1. The molecule has 1 fully saturated rings. The molecule has 3 aromatic rings. The van der Waals surface area contributed by atoms with Crippen molar-refractivity contribution in [2.45, 2.75) is 18.8 Å². The van der Waals surface area contributed by atoms with Crippen molar-refractivity contribution >= 4 is 40.5 Å². The quantitative estimate of drug-likeness (QED) is 0.517. The number of aryl methyl sites for hydroxylation is 1. The van der Waals surface area contributed by atoms with Gasteiger partial charge in [0.15, 0.2) is 0 Å². The largest absolute Gasteiger partial charge is 0.353 e. The highest BCUT2D eigenvalue weighted by atomic mass is 35.5. The Kier molecular flexibility index (Phi) is 6.92.